The van der Waals surface area contributed by atoms with Gasteiger partial charge >= 0.3 is 0 Å². The van der Waals surface area contributed by atoms with E-state index < -0.39 is 0 Å². The molecule has 1 fully saturated rings. The van der Waals surface area contributed by atoms with Gasteiger partial charge in [-0.25, -0.2) is 4.98 Å². The largest absolute Gasteiger partial charge is 0.343 e. The van der Waals surface area contributed by atoms with Crippen LogP contribution in [0.25, 0.3) is 11.1 Å². The van der Waals surface area contributed by atoms with Gasteiger partial charge in [-0.15, -0.1) is 0 Å². The van der Waals surface area contributed by atoms with Crippen molar-refractivity contribution in [1.82, 2.24) is 19.7 Å². The molecule has 4 rings (SSSR count). The molecule has 0 spiro atoms. The molecule has 160 valence electrons. The summed E-state index contributed by atoms with van der Waals surface area (Å²) < 4.78 is 2.04. The second kappa shape index (κ2) is 8.02. The lowest BCUT2D eigenvalue weighted by Gasteiger charge is -2.15. The van der Waals surface area contributed by atoms with Gasteiger partial charge in [-0.2, -0.15) is 5.10 Å². The summed E-state index contributed by atoms with van der Waals surface area (Å²) in [7, 11) is 0. The van der Waals surface area contributed by atoms with Crippen molar-refractivity contribution < 1.29 is 9.59 Å². The Kier molecular flexibility index (Phi) is 5.57. The standard InChI is InChI=1S/C22H28ClN5O2/c1-14(29)27-7-6-15(12-27)4-5-21(30)26-20-8-16(18(23)11-24-20)17-10-25-28-13-22(2,3)9-19(17)28/h8,10-11,15H,4-7,9,12-13H2,1-3H3,(H,24,26,30)/t15-/m0/s1. The number of carbonyl (C=O) groups is 2. The molecule has 0 radical (unpaired) electrons. The summed E-state index contributed by atoms with van der Waals surface area (Å²) in [6.07, 6.45) is 6.49. The predicted molar refractivity (Wildman–Crippen MR) is 116 cm³/mol. The van der Waals surface area contributed by atoms with Crippen LogP contribution in [0.2, 0.25) is 5.02 Å². The summed E-state index contributed by atoms with van der Waals surface area (Å²) in [5.74, 6) is 0.911. The van der Waals surface area contributed by atoms with Crippen LogP contribution in [0.1, 0.15) is 45.7 Å². The van der Waals surface area contributed by atoms with Gasteiger partial charge in [0.25, 0.3) is 0 Å². The van der Waals surface area contributed by atoms with Crippen molar-refractivity contribution in [1.29, 1.82) is 0 Å². The van der Waals surface area contributed by atoms with Crippen LogP contribution in [0.5, 0.6) is 0 Å². The van der Waals surface area contributed by atoms with Gasteiger partial charge < -0.3 is 10.2 Å². The van der Waals surface area contributed by atoms with Crippen LogP contribution in [-0.4, -0.2) is 44.6 Å². The fraction of sp³-hybridized carbons (Fsp3) is 0.545. The Hall–Kier alpha value is -2.41. The third-order valence-electron chi connectivity index (χ3n) is 6.10. The highest BCUT2D eigenvalue weighted by molar-refractivity contribution is 6.33. The van der Waals surface area contributed by atoms with E-state index in [2.05, 4.69) is 29.2 Å². The molecule has 2 aliphatic heterocycles. The fourth-order valence-electron chi connectivity index (χ4n) is 4.48. The summed E-state index contributed by atoms with van der Waals surface area (Å²) in [5, 5.41) is 7.96. The molecule has 0 aromatic carbocycles. The van der Waals surface area contributed by atoms with E-state index in [1.165, 1.54) is 5.69 Å². The molecule has 0 saturated carbocycles. The van der Waals surface area contributed by atoms with Crippen molar-refractivity contribution >= 4 is 29.2 Å². The molecule has 2 aromatic rings. The topological polar surface area (TPSA) is 80.1 Å². The van der Waals surface area contributed by atoms with E-state index in [0.29, 0.717) is 23.2 Å². The first-order chi connectivity index (χ1) is 14.2. The maximum atomic E-state index is 12.5. The fourth-order valence-corrected chi connectivity index (χ4v) is 4.69. The van der Waals surface area contributed by atoms with Crippen LogP contribution in [0.4, 0.5) is 5.82 Å². The minimum Gasteiger partial charge on any atom is -0.343 e. The predicted octanol–water partition coefficient (Wildman–Crippen LogP) is 3.77. The van der Waals surface area contributed by atoms with E-state index in [4.69, 9.17) is 11.6 Å². The normalized spacial score (nSPS) is 19.7. The zero-order valence-corrected chi connectivity index (χ0v) is 18.5. The summed E-state index contributed by atoms with van der Waals surface area (Å²) in [5.41, 5.74) is 3.18. The van der Waals surface area contributed by atoms with Gasteiger partial charge in [-0.1, -0.05) is 25.4 Å². The van der Waals surface area contributed by atoms with Crippen LogP contribution in [0.15, 0.2) is 18.5 Å². The Morgan fingerprint density at radius 3 is 2.83 bits per heavy atom. The first kappa shape index (κ1) is 20.8. The van der Waals surface area contributed by atoms with Crippen molar-refractivity contribution in [3.8, 4) is 11.1 Å². The maximum absolute atomic E-state index is 12.5. The van der Waals surface area contributed by atoms with Gasteiger partial charge in [0, 0.05) is 56.0 Å². The van der Waals surface area contributed by atoms with Gasteiger partial charge in [0.1, 0.15) is 5.82 Å². The Balaban J connectivity index is 1.41. The van der Waals surface area contributed by atoms with Gasteiger partial charge in [-0.3, -0.25) is 14.3 Å². The molecule has 1 saturated heterocycles. The number of carbonyl (C=O) groups excluding carboxylic acids is 2. The molecule has 0 unspecified atom stereocenters. The van der Waals surface area contributed by atoms with E-state index in [9.17, 15) is 9.59 Å². The number of likely N-dealkylation sites (tertiary alicyclic amines) is 1. The van der Waals surface area contributed by atoms with E-state index in [1.54, 1.807) is 13.1 Å². The minimum absolute atomic E-state index is 0.0709. The second-order valence-corrected chi connectivity index (χ2v) is 9.67. The molecule has 1 N–H and O–H groups in total. The van der Waals surface area contributed by atoms with Crippen LogP contribution in [0.3, 0.4) is 0 Å². The average Bonchev–Trinajstić information content (AvgIpc) is 3.36. The van der Waals surface area contributed by atoms with Crippen molar-refractivity contribution in [3.05, 3.63) is 29.2 Å². The Morgan fingerprint density at radius 1 is 1.30 bits per heavy atom. The molecule has 4 heterocycles. The number of nitrogens with one attached hydrogen (secondary N) is 1. The van der Waals surface area contributed by atoms with Crippen molar-refractivity contribution in [2.75, 3.05) is 18.4 Å². The summed E-state index contributed by atoms with van der Waals surface area (Å²) >= 11 is 6.44. The Labute approximate surface area is 181 Å². The molecule has 30 heavy (non-hydrogen) atoms. The first-order valence-corrected chi connectivity index (χ1v) is 10.9. The van der Waals surface area contributed by atoms with E-state index in [1.807, 2.05) is 21.8 Å². The second-order valence-electron chi connectivity index (χ2n) is 9.26. The number of fused-ring (bicyclic) bond motifs is 1. The summed E-state index contributed by atoms with van der Waals surface area (Å²) in [6, 6.07) is 1.83. The van der Waals surface area contributed by atoms with E-state index in [0.717, 1.165) is 50.0 Å². The SMILES string of the molecule is CC(=O)N1CC[C@H](CCC(=O)Nc2cc(-c3cnn4c3CC(C)(C)C4)c(Cl)cn2)C1. The molecular formula is C22H28ClN5O2. The zero-order chi connectivity index (χ0) is 21.5. The van der Waals surface area contributed by atoms with Gasteiger partial charge in [0.05, 0.1) is 11.2 Å². The first-order valence-electron chi connectivity index (χ1n) is 10.5. The minimum atomic E-state index is -0.0709. The molecular weight excluding hydrogens is 402 g/mol. The summed E-state index contributed by atoms with van der Waals surface area (Å²) in [6.45, 7) is 8.47. The zero-order valence-electron chi connectivity index (χ0n) is 17.7. The molecule has 0 aliphatic carbocycles. The number of anilines is 1. The Bertz CT molecular complexity index is 984. The van der Waals surface area contributed by atoms with Crippen LogP contribution < -0.4 is 5.32 Å². The van der Waals surface area contributed by atoms with Crippen LogP contribution in [0, 0.1) is 11.3 Å². The highest BCUT2D eigenvalue weighted by atomic mass is 35.5. The van der Waals surface area contributed by atoms with Crippen LogP contribution >= 0.6 is 11.6 Å². The van der Waals surface area contributed by atoms with Gasteiger partial charge in [0.15, 0.2) is 0 Å². The van der Waals surface area contributed by atoms with Crippen molar-refractivity contribution in [2.24, 2.45) is 11.3 Å². The number of hydrogen-bond donors (Lipinski definition) is 1. The average molecular weight is 430 g/mol. The molecule has 2 amide bonds. The number of rotatable bonds is 5. The van der Waals surface area contributed by atoms with Gasteiger partial charge in [0.2, 0.25) is 11.8 Å². The van der Waals surface area contributed by atoms with Crippen LogP contribution in [-0.2, 0) is 22.6 Å². The smallest absolute Gasteiger partial charge is 0.225 e. The highest BCUT2D eigenvalue weighted by Gasteiger charge is 2.32. The molecule has 1 atom stereocenters. The molecule has 8 heteroatoms. The maximum Gasteiger partial charge on any atom is 0.225 e. The van der Waals surface area contributed by atoms with Gasteiger partial charge in [-0.05, 0) is 36.7 Å². The number of aromatic nitrogens is 3. The lowest BCUT2D eigenvalue weighted by Crippen LogP contribution is -2.26. The highest BCUT2D eigenvalue weighted by Crippen LogP contribution is 2.39. The van der Waals surface area contributed by atoms with Crippen molar-refractivity contribution in [3.63, 3.8) is 0 Å². The number of amides is 2. The number of hydrogen-bond acceptors (Lipinski definition) is 4. The lowest BCUT2D eigenvalue weighted by molar-refractivity contribution is -0.127. The monoisotopic (exact) mass is 429 g/mol. The Morgan fingerprint density at radius 2 is 2.10 bits per heavy atom. The van der Waals surface area contributed by atoms with Crippen molar-refractivity contribution in [2.45, 2.75) is 53.0 Å². The molecule has 2 aliphatic rings. The third kappa shape index (κ3) is 4.36. The molecule has 7 nitrogen and oxygen atoms in total. The molecule has 2 aromatic heterocycles. The number of nitrogens with zero attached hydrogens (tertiary/aromatic N) is 4. The number of pyridine rings is 1. The molecule has 0 bridgehead atoms. The number of halogens is 1. The van der Waals surface area contributed by atoms with E-state index >= 15 is 0 Å². The quantitative estimate of drug-likeness (QED) is 0.784. The summed E-state index contributed by atoms with van der Waals surface area (Å²) in [4.78, 5) is 30.0. The lowest BCUT2D eigenvalue weighted by atomic mass is 9.89. The van der Waals surface area contributed by atoms with E-state index in [-0.39, 0.29) is 17.2 Å². The third-order valence-corrected chi connectivity index (χ3v) is 6.40.